The van der Waals surface area contributed by atoms with Crippen LogP contribution in [0, 0.1) is 0 Å². The van der Waals surface area contributed by atoms with Crippen LogP contribution in [-0.2, 0) is 11.2 Å². The maximum Gasteiger partial charge on any atom is 0.232 e. The number of aromatic nitrogens is 4. The lowest BCUT2D eigenvalue weighted by Crippen LogP contribution is -2.25. The Bertz CT molecular complexity index is 930. The monoisotopic (exact) mass is 382 g/mol. The SMILES string of the molecule is COc1ccc(C[C@@H](C(=O)Nc2ccccc2OC)c2nnn[n-]2)c(OC)c1. The van der Waals surface area contributed by atoms with Crippen molar-refractivity contribution in [3.05, 3.63) is 53.9 Å². The molecule has 1 atom stereocenters. The molecule has 1 N–H and O–H groups in total. The molecule has 3 rings (SSSR count). The normalized spacial score (nSPS) is 11.5. The lowest BCUT2D eigenvalue weighted by molar-refractivity contribution is -0.117. The molecule has 0 aliphatic rings. The van der Waals surface area contributed by atoms with Crippen LogP contribution in [0.2, 0.25) is 0 Å². The van der Waals surface area contributed by atoms with Crippen molar-refractivity contribution >= 4 is 11.6 Å². The van der Waals surface area contributed by atoms with E-state index >= 15 is 0 Å². The summed E-state index contributed by atoms with van der Waals surface area (Å²) < 4.78 is 16.0. The molecule has 0 aliphatic heterocycles. The zero-order valence-electron chi connectivity index (χ0n) is 15.7. The van der Waals surface area contributed by atoms with Crippen LogP contribution < -0.4 is 24.6 Å². The van der Waals surface area contributed by atoms with Gasteiger partial charge in [-0.05, 0) is 30.2 Å². The maximum absolute atomic E-state index is 13.0. The molecule has 0 saturated heterocycles. The lowest BCUT2D eigenvalue weighted by atomic mass is 9.96. The second-order valence-corrected chi connectivity index (χ2v) is 5.86. The molecule has 1 aromatic heterocycles. The fourth-order valence-electron chi connectivity index (χ4n) is 2.80. The number of rotatable bonds is 8. The number of ether oxygens (including phenoxy) is 3. The van der Waals surface area contributed by atoms with Crippen molar-refractivity contribution in [2.75, 3.05) is 26.6 Å². The van der Waals surface area contributed by atoms with Crippen LogP contribution in [0.1, 0.15) is 17.3 Å². The number of anilines is 1. The van der Waals surface area contributed by atoms with Gasteiger partial charge in [-0.3, -0.25) is 15.1 Å². The summed E-state index contributed by atoms with van der Waals surface area (Å²) >= 11 is 0. The van der Waals surface area contributed by atoms with Gasteiger partial charge in [-0.1, -0.05) is 18.2 Å². The number of hydrogen-bond donors (Lipinski definition) is 1. The predicted octanol–water partition coefficient (Wildman–Crippen LogP) is 1.82. The lowest BCUT2D eigenvalue weighted by Gasteiger charge is -2.19. The van der Waals surface area contributed by atoms with Gasteiger partial charge in [-0.2, -0.15) is 5.21 Å². The quantitative estimate of drug-likeness (QED) is 0.628. The van der Waals surface area contributed by atoms with E-state index in [1.165, 1.54) is 0 Å². The highest BCUT2D eigenvalue weighted by molar-refractivity contribution is 5.96. The number of amides is 1. The molecule has 1 heterocycles. The number of hydrogen-bond acceptors (Lipinski definition) is 7. The Labute approximate surface area is 162 Å². The van der Waals surface area contributed by atoms with Gasteiger partial charge in [0.1, 0.15) is 17.2 Å². The molecule has 0 saturated carbocycles. The Balaban J connectivity index is 1.89. The number of para-hydroxylation sites is 2. The van der Waals surface area contributed by atoms with Crippen molar-refractivity contribution in [1.29, 1.82) is 0 Å². The molecular weight excluding hydrogens is 362 g/mol. The molecule has 0 spiro atoms. The molecule has 9 nitrogen and oxygen atoms in total. The van der Waals surface area contributed by atoms with Crippen molar-refractivity contribution in [3.63, 3.8) is 0 Å². The van der Waals surface area contributed by atoms with Crippen LogP contribution in [-0.4, -0.2) is 42.8 Å². The summed E-state index contributed by atoms with van der Waals surface area (Å²) in [6.07, 6.45) is 0.293. The largest absolute Gasteiger partial charge is 0.497 e. The van der Waals surface area contributed by atoms with E-state index in [1.54, 1.807) is 45.6 Å². The Morgan fingerprint density at radius 2 is 1.86 bits per heavy atom. The fourth-order valence-corrected chi connectivity index (χ4v) is 2.80. The van der Waals surface area contributed by atoms with E-state index in [9.17, 15) is 4.79 Å². The molecule has 28 heavy (non-hydrogen) atoms. The van der Waals surface area contributed by atoms with Gasteiger partial charge in [0.25, 0.3) is 0 Å². The number of carbonyl (C=O) groups is 1. The third-order valence-electron chi connectivity index (χ3n) is 4.25. The highest BCUT2D eigenvalue weighted by Crippen LogP contribution is 2.30. The molecule has 2 aromatic carbocycles. The smallest absolute Gasteiger partial charge is 0.232 e. The van der Waals surface area contributed by atoms with Gasteiger partial charge in [0.05, 0.1) is 32.9 Å². The first-order valence-corrected chi connectivity index (χ1v) is 8.49. The van der Waals surface area contributed by atoms with E-state index in [4.69, 9.17) is 14.2 Å². The fraction of sp³-hybridized carbons (Fsp3) is 0.263. The molecule has 0 aliphatic carbocycles. The Morgan fingerprint density at radius 3 is 2.54 bits per heavy atom. The van der Waals surface area contributed by atoms with Crippen molar-refractivity contribution in [2.45, 2.75) is 12.3 Å². The van der Waals surface area contributed by atoms with E-state index in [0.717, 1.165) is 5.56 Å². The van der Waals surface area contributed by atoms with Crippen LogP contribution in [0.3, 0.4) is 0 Å². The molecule has 1 amide bonds. The van der Waals surface area contributed by atoms with Gasteiger partial charge in [0.15, 0.2) is 0 Å². The van der Waals surface area contributed by atoms with Crippen LogP contribution >= 0.6 is 0 Å². The van der Waals surface area contributed by atoms with E-state index in [1.807, 2.05) is 18.2 Å². The van der Waals surface area contributed by atoms with Gasteiger partial charge in [0.2, 0.25) is 5.91 Å². The van der Waals surface area contributed by atoms with Crippen molar-refractivity contribution in [2.24, 2.45) is 0 Å². The second-order valence-electron chi connectivity index (χ2n) is 5.86. The molecule has 0 unspecified atom stereocenters. The second kappa shape index (κ2) is 8.85. The average molecular weight is 382 g/mol. The Kier molecular flexibility index (Phi) is 6.05. The maximum atomic E-state index is 13.0. The van der Waals surface area contributed by atoms with E-state index < -0.39 is 5.92 Å². The summed E-state index contributed by atoms with van der Waals surface area (Å²) in [5.41, 5.74) is 1.35. The topological polar surface area (TPSA) is 110 Å². The molecule has 3 aromatic rings. The first-order valence-electron chi connectivity index (χ1n) is 8.49. The molecule has 146 valence electrons. The van der Waals surface area contributed by atoms with Crippen LogP contribution in [0.5, 0.6) is 17.2 Å². The highest BCUT2D eigenvalue weighted by atomic mass is 16.5. The summed E-state index contributed by atoms with van der Waals surface area (Å²) in [5, 5.41) is 17.6. The molecule has 0 fully saturated rings. The zero-order valence-corrected chi connectivity index (χ0v) is 15.7. The summed E-state index contributed by atoms with van der Waals surface area (Å²) in [6, 6.07) is 12.5. The third-order valence-corrected chi connectivity index (χ3v) is 4.25. The van der Waals surface area contributed by atoms with Gasteiger partial charge in [-0.15, -0.1) is 0 Å². The standard InChI is InChI=1S/C19H21N5O4/c1-26-13-9-8-12(17(11-13)28-3)10-14(18-21-23-24-22-18)19(25)20-15-6-4-5-7-16(15)27-2/h4-9,11,14H,10H2,1-3H3,(H2,20,21,22,23,24,25)/p-1/t14-/m1/s1. The summed E-state index contributed by atoms with van der Waals surface area (Å²) in [5.74, 6) is 1.01. The summed E-state index contributed by atoms with van der Waals surface area (Å²) in [4.78, 5) is 13.0. The van der Waals surface area contributed by atoms with E-state index in [-0.39, 0.29) is 11.7 Å². The number of benzene rings is 2. The minimum Gasteiger partial charge on any atom is -0.497 e. The van der Waals surface area contributed by atoms with Crippen molar-refractivity contribution in [1.82, 2.24) is 20.6 Å². The van der Waals surface area contributed by atoms with Gasteiger partial charge in [0, 0.05) is 11.9 Å². The van der Waals surface area contributed by atoms with Crippen molar-refractivity contribution < 1.29 is 19.0 Å². The zero-order chi connectivity index (χ0) is 19.9. The minimum absolute atomic E-state index is 0.227. The van der Waals surface area contributed by atoms with E-state index in [0.29, 0.717) is 29.4 Å². The number of nitrogens with one attached hydrogen (secondary N) is 1. The Hall–Kier alpha value is -3.62. The third kappa shape index (κ3) is 4.20. The predicted molar refractivity (Wildman–Crippen MR) is 101 cm³/mol. The Morgan fingerprint density at radius 1 is 1.07 bits per heavy atom. The molecule has 0 radical (unpaired) electrons. The number of methoxy groups -OCH3 is 3. The van der Waals surface area contributed by atoms with Crippen LogP contribution in [0.15, 0.2) is 42.5 Å². The molecule has 9 heteroatoms. The van der Waals surface area contributed by atoms with Crippen LogP contribution in [0.25, 0.3) is 0 Å². The number of tetrazole rings is 1. The van der Waals surface area contributed by atoms with E-state index in [2.05, 4.69) is 25.9 Å². The van der Waals surface area contributed by atoms with Crippen LogP contribution in [0.4, 0.5) is 5.69 Å². The van der Waals surface area contributed by atoms with Gasteiger partial charge < -0.3 is 24.6 Å². The summed E-state index contributed by atoms with van der Waals surface area (Å²) in [7, 11) is 4.68. The molecular formula is C19H20N5O4-. The summed E-state index contributed by atoms with van der Waals surface area (Å²) in [6.45, 7) is 0. The highest BCUT2D eigenvalue weighted by Gasteiger charge is 2.23. The molecule has 0 bridgehead atoms. The first kappa shape index (κ1) is 19.2. The van der Waals surface area contributed by atoms with Gasteiger partial charge >= 0.3 is 0 Å². The van der Waals surface area contributed by atoms with Crippen molar-refractivity contribution in [3.8, 4) is 17.2 Å². The average Bonchev–Trinajstić information content (AvgIpc) is 3.26. The number of carbonyl (C=O) groups excluding carboxylic acids is 1. The first-order chi connectivity index (χ1) is 13.7. The number of nitrogens with zero attached hydrogens (tertiary/aromatic N) is 4. The minimum atomic E-state index is -0.720. The van der Waals surface area contributed by atoms with Gasteiger partial charge in [-0.25, -0.2) is 0 Å².